The number of nitrogens with zero attached hydrogens (tertiary/aromatic N) is 1. The molecular formula is C36H23Cl2NO2S. The van der Waals surface area contributed by atoms with Crippen LogP contribution >= 0.6 is 34.5 Å². The predicted molar refractivity (Wildman–Crippen MR) is 172 cm³/mol. The summed E-state index contributed by atoms with van der Waals surface area (Å²) in [6.07, 6.45) is 1.75. The lowest BCUT2D eigenvalue weighted by Gasteiger charge is -2.44. The number of fused-ring (bicyclic) bond motifs is 10. The van der Waals surface area contributed by atoms with E-state index in [9.17, 15) is 9.59 Å². The van der Waals surface area contributed by atoms with E-state index in [2.05, 4.69) is 97.6 Å². The average molecular weight is 605 g/mol. The van der Waals surface area contributed by atoms with Crippen LogP contribution in [0.5, 0.6) is 0 Å². The van der Waals surface area contributed by atoms with Crippen molar-refractivity contribution in [3.63, 3.8) is 0 Å². The Morgan fingerprint density at radius 3 is 1.79 bits per heavy atom. The van der Waals surface area contributed by atoms with Gasteiger partial charge in [-0.3, -0.25) is 9.59 Å². The van der Waals surface area contributed by atoms with Crippen molar-refractivity contribution in [1.82, 2.24) is 0 Å². The summed E-state index contributed by atoms with van der Waals surface area (Å²) in [7, 11) is 0. The average Bonchev–Trinajstić information content (AvgIpc) is 3.61. The van der Waals surface area contributed by atoms with E-state index in [1.54, 1.807) is 17.4 Å². The van der Waals surface area contributed by atoms with Gasteiger partial charge in [0.05, 0.1) is 21.0 Å². The standard InChI is InChI=1S/C36H23Cl2NO2S/c1-19(2)39-32-14-8-7-13-28(32)36(26-11-5-3-9-21(26)22-10-4-6-12-27(22)36)29-16-20(42-35(29)39)15-25-33(40)23-17-30(37)31(38)18-24(23)34(25)41/h3-19H,1-2H3. The Morgan fingerprint density at radius 1 is 0.690 bits per heavy atom. The third-order valence-corrected chi connectivity index (χ3v) is 10.5. The Labute approximate surface area is 257 Å². The molecule has 0 fully saturated rings. The van der Waals surface area contributed by atoms with Crippen LogP contribution in [0, 0.1) is 0 Å². The summed E-state index contributed by atoms with van der Waals surface area (Å²) >= 11 is 14.0. The molecule has 1 aromatic heterocycles. The van der Waals surface area contributed by atoms with Gasteiger partial charge in [0.25, 0.3) is 0 Å². The number of para-hydroxylation sites is 1. The van der Waals surface area contributed by atoms with Gasteiger partial charge in [-0.05, 0) is 72.0 Å². The molecule has 2 aliphatic carbocycles. The molecule has 0 saturated carbocycles. The molecule has 3 nitrogen and oxygen atoms in total. The second-order valence-electron chi connectivity index (χ2n) is 11.2. The molecule has 2 heterocycles. The first kappa shape index (κ1) is 25.7. The lowest BCUT2D eigenvalue weighted by Crippen LogP contribution is -2.39. The number of hydrogen-bond donors (Lipinski definition) is 0. The number of halogens is 2. The highest BCUT2D eigenvalue weighted by Crippen LogP contribution is 2.64. The fourth-order valence-electron chi connectivity index (χ4n) is 7.09. The van der Waals surface area contributed by atoms with Crippen LogP contribution in [0.25, 0.3) is 17.2 Å². The van der Waals surface area contributed by atoms with Gasteiger partial charge in [0, 0.05) is 33.3 Å². The van der Waals surface area contributed by atoms with E-state index in [4.69, 9.17) is 23.2 Å². The number of thiophene rings is 1. The molecule has 0 radical (unpaired) electrons. The molecule has 0 bridgehead atoms. The zero-order valence-electron chi connectivity index (χ0n) is 22.7. The second kappa shape index (κ2) is 9.02. The Kier molecular flexibility index (Phi) is 5.52. The minimum Gasteiger partial charge on any atom is -0.330 e. The van der Waals surface area contributed by atoms with Crippen LogP contribution in [-0.4, -0.2) is 17.6 Å². The predicted octanol–water partition coefficient (Wildman–Crippen LogP) is 9.74. The number of ketones is 2. The molecule has 0 amide bonds. The van der Waals surface area contributed by atoms with E-state index in [1.165, 1.54) is 39.9 Å². The summed E-state index contributed by atoms with van der Waals surface area (Å²) in [6, 6.07) is 31.3. The Balaban J connectivity index is 1.41. The zero-order chi connectivity index (χ0) is 28.9. The molecule has 42 heavy (non-hydrogen) atoms. The van der Waals surface area contributed by atoms with Crippen molar-refractivity contribution < 1.29 is 9.59 Å². The number of Topliss-reactive ketones (excluding diaryl/α,β-unsaturated/α-hetero) is 2. The Morgan fingerprint density at radius 2 is 1.21 bits per heavy atom. The zero-order valence-corrected chi connectivity index (χ0v) is 25.1. The molecular weight excluding hydrogens is 581 g/mol. The molecule has 4 aromatic carbocycles. The van der Waals surface area contributed by atoms with Gasteiger partial charge in [0.1, 0.15) is 5.00 Å². The van der Waals surface area contributed by atoms with Gasteiger partial charge >= 0.3 is 0 Å². The number of hydrogen-bond acceptors (Lipinski definition) is 4. The van der Waals surface area contributed by atoms with Crippen molar-refractivity contribution in [1.29, 1.82) is 0 Å². The number of rotatable bonds is 2. The van der Waals surface area contributed by atoms with Gasteiger partial charge in [-0.1, -0.05) is 89.9 Å². The van der Waals surface area contributed by atoms with E-state index >= 15 is 0 Å². The number of anilines is 2. The van der Waals surface area contributed by atoms with Gasteiger partial charge in [0.2, 0.25) is 0 Å². The summed E-state index contributed by atoms with van der Waals surface area (Å²) < 4.78 is 0. The molecule has 0 saturated heterocycles. The fraction of sp³-hybridized carbons (Fsp3) is 0.111. The van der Waals surface area contributed by atoms with E-state index in [0.717, 1.165) is 21.1 Å². The van der Waals surface area contributed by atoms with Gasteiger partial charge in [0.15, 0.2) is 11.6 Å². The summed E-state index contributed by atoms with van der Waals surface area (Å²) in [6.45, 7) is 4.39. The van der Waals surface area contributed by atoms with Gasteiger partial charge in [-0.25, -0.2) is 0 Å². The van der Waals surface area contributed by atoms with Crippen LogP contribution in [0.15, 0.2) is 96.6 Å². The molecule has 1 aliphatic heterocycles. The lowest BCUT2D eigenvalue weighted by atomic mass is 9.66. The molecule has 3 aliphatic rings. The van der Waals surface area contributed by atoms with E-state index in [-0.39, 0.29) is 33.2 Å². The van der Waals surface area contributed by atoms with Crippen molar-refractivity contribution in [3.8, 4) is 11.1 Å². The highest BCUT2D eigenvalue weighted by Gasteiger charge is 2.52. The van der Waals surface area contributed by atoms with Crippen LogP contribution in [0.2, 0.25) is 10.0 Å². The van der Waals surface area contributed by atoms with Crippen LogP contribution in [0.4, 0.5) is 10.7 Å². The summed E-state index contributed by atoms with van der Waals surface area (Å²) in [5.74, 6) is -0.648. The molecule has 0 unspecified atom stereocenters. The molecule has 8 rings (SSSR count). The number of allylic oxidation sites excluding steroid dienone is 1. The quantitative estimate of drug-likeness (QED) is 0.146. The van der Waals surface area contributed by atoms with Crippen molar-refractivity contribution in [2.75, 3.05) is 4.90 Å². The van der Waals surface area contributed by atoms with E-state index < -0.39 is 5.41 Å². The maximum atomic E-state index is 13.4. The summed E-state index contributed by atoms with van der Waals surface area (Å²) in [5.41, 5.74) is 8.68. The number of benzene rings is 4. The molecule has 0 N–H and O–H groups in total. The van der Waals surface area contributed by atoms with Crippen molar-refractivity contribution in [2.45, 2.75) is 25.3 Å². The fourth-order valence-corrected chi connectivity index (χ4v) is 8.73. The highest BCUT2D eigenvalue weighted by molar-refractivity contribution is 7.17. The molecule has 1 spiro atoms. The minimum atomic E-state index is -0.536. The van der Waals surface area contributed by atoms with E-state index in [1.807, 2.05) is 0 Å². The summed E-state index contributed by atoms with van der Waals surface area (Å²) in [4.78, 5) is 30.1. The van der Waals surface area contributed by atoms with Gasteiger partial charge < -0.3 is 4.90 Å². The third kappa shape index (κ3) is 3.23. The summed E-state index contributed by atoms with van der Waals surface area (Å²) in [5, 5.41) is 1.63. The largest absolute Gasteiger partial charge is 0.330 e. The number of carbonyl (C=O) groups excluding carboxylic acids is 2. The minimum absolute atomic E-state index is 0.136. The van der Waals surface area contributed by atoms with Crippen molar-refractivity contribution in [3.05, 3.63) is 145 Å². The van der Waals surface area contributed by atoms with Gasteiger partial charge in [-0.15, -0.1) is 11.3 Å². The third-order valence-electron chi connectivity index (χ3n) is 8.72. The molecule has 5 aromatic rings. The highest BCUT2D eigenvalue weighted by atomic mass is 35.5. The van der Waals surface area contributed by atoms with E-state index in [0.29, 0.717) is 11.1 Å². The first-order chi connectivity index (χ1) is 20.3. The first-order valence-corrected chi connectivity index (χ1v) is 15.4. The monoisotopic (exact) mass is 603 g/mol. The van der Waals surface area contributed by atoms with Crippen LogP contribution in [-0.2, 0) is 5.41 Å². The molecule has 6 heteroatoms. The Bertz CT molecular complexity index is 1960. The van der Waals surface area contributed by atoms with Crippen LogP contribution < -0.4 is 4.90 Å². The topological polar surface area (TPSA) is 37.4 Å². The second-order valence-corrected chi connectivity index (χ2v) is 13.1. The molecule has 0 atom stereocenters. The van der Waals surface area contributed by atoms with Crippen molar-refractivity contribution >= 4 is 62.9 Å². The maximum absolute atomic E-state index is 13.4. The normalized spacial score (nSPS) is 15.5. The Hall–Kier alpha value is -3.96. The molecule has 204 valence electrons. The van der Waals surface area contributed by atoms with Gasteiger partial charge in [-0.2, -0.15) is 0 Å². The lowest BCUT2D eigenvalue weighted by molar-refractivity contribution is 0.0990. The first-order valence-electron chi connectivity index (χ1n) is 13.8. The smallest absolute Gasteiger partial charge is 0.197 e. The van der Waals surface area contributed by atoms with Crippen molar-refractivity contribution in [2.24, 2.45) is 0 Å². The maximum Gasteiger partial charge on any atom is 0.197 e. The number of carbonyl (C=O) groups is 2. The van der Waals surface area contributed by atoms with Crippen LogP contribution in [0.1, 0.15) is 61.7 Å². The SMILES string of the molecule is CC(C)N1c2ccccc2C2(c3ccccc3-c3ccccc32)c2cc(C=C3C(=O)c4cc(Cl)c(Cl)cc4C3=O)sc21. The van der Waals surface area contributed by atoms with Crippen LogP contribution in [0.3, 0.4) is 0 Å².